The summed E-state index contributed by atoms with van der Waals surface area (Å²) in [5, 5.41) is 7.65. The molecule has 0 aromatic carbocycles. The first-order chi connectivity index (χ1) is 6.68. The third-order valence-electron chi connectivity index (χ3n) is 1.98. The Kier molecular flexibility index (Phi) is 4.40. The molecule has 0 saturated heterocycles. The molecule has 1 rings (SSSR count). The van der Waals surface area contributed by atoms with Crippen molar-refractivity contribution in [3.63, 3.8) is 0 Å². The molecule has 3 heteroatoms. The van der Waals surface area contributed by atoms with Crippen molar-refractivity contribution < 1.29 is 0 Å². The molecule has 0 saturated carbocycles. The first-order valence-corrected chi connectivity index (χ1v) is 5.01. The molecule has 0 aliphatic carbocycles. The Bertz CT molecular complexity index is 295. The molecular weight excluding hydrogens is 174 g/mol. The number of aryl methyl sites for hydroxylation is 1. The zero-order chi connectivity index (χ0) is 10.4. The Balaban J connectivity index is 2.13. The van der Waals surface area contributed by atoms with E-state index in [1.165, 1.54) is 5.57 Å². The van der Waals surface area contributed by atoms with E-state index in [1.807, 2.05) is 17.9 Å². The van der Waals surface area contributed by atoms with Gasteiger partial charge in [0.05, 0.1) is 5.69 Å². The molecule has 0 bridgehead atoms. The van der Waals surface area contributed by atoms with Gasteiger partial charge in [0, 0.05) is 32.8 Å². The summed E-state index contributed by atoms with van der Waals surface area (Å²) in [4.78, 5) is 0. The molecule has 0 atom stereocenters. The molecule has 0 radical (unpaired) electrons. The molecule has 1 heterocycles. The third kappa shape index (κ3) is 4.23. The Morgan fingerprint density at radius 3 is 2.93 bits per heavy atom. The monoisotopic (exact) mass is 193 g/mol. The lowest BCUT2D eigenvalue weighted by atomic mass is 10.3. The van der Waals surface area contributed by atoms with Gasteiger partial charge in [-0.3, -0.25) is 4.68 Å². The van der Waals surface area contributed by atoms with Gasteiger partial charge in [0.1, 0.15) is 0 Å². The fourth-order valence-electron chi connectivity index (χ4n) is 1.19. The van der Waals surface area contributed by atoms with Crippen LogP contribution in [0.5, 0.6) is 0 Å². The van der Waals surface area contributed by atoms with E-state index in [0.717, 1.165) is 25.2 Å². The average Bonchev–Trinajstić information content (AvgIpc) is 2.50. The highest BCUT2D eigenvalue weighted by Gasteiger charge is 1.94. The maximum absolute atomic E-state index is 4.30. The molecule has 14 heavy (non-hydrogen) atoms. The molecule has 0 spiro atoms. The predicted molar refractivity (Wildman–Crippen MR) is 59.2 cm³/mol. The van der Waals surface area contributed by atoms with Gasteiger partial charge in [-0.1, -0.05) is 11.6 Å². The van der Waals surface area contributed by atoms with Gasteiger partial charge in [-0.25, -0.2) is 0 Å². The average molecular weight is 193 g/mol. The maximum Gasteiger partial charge on any atom is 0.0637 e. The van der Waals surface area contributed by atoms with E-state index < -0.39 is 0 Å². The summed E-state index contributed by atoms with van der Waals surface area (Å²) in [5.74, 6) is 0. The number of hydrogen-bond acceptors (Lipinski definition) is 2. The Morgan fingerprint density at radius 2 is 2.36 bits per heavy atom. The van der Waals surface area contributed by atoms with E-state index in [2.05, 4.69) is 36.4 Å². The minimum absolute atomic E-state index is 0.954. The van der Waals surface area contributed by atoms with Crippen LogP contribution in [0.25, 0.3) is 0 Å². The molecule has 0 amide bonds. The van der Waals surface area contributed by atoms with Crippen molar-refractivity contribution in [2.45, 2.75) is 20.3 Å². The normalized spacial score (nSPS) is 10.2. The largest absolute Gasteiger partial charge is 0.313 e. The van der Waals surface area contributed by atoms with Crippen molar-refractivity contribution >= 4 is 0 Å². The highest BCUT2D eigenvalue weighted by Crippen LogP contribution is 1.93. The molecular formula is C11H19N3. The summed E-state index contributed by atoms with van der Waals surface area (Å²) in [6, 6.07) is 2.06. The second-order valence-electron chi connectivity index (χ2n) is 3.72. The van der Waals surface area contributed by atoms with Gasteiger partial charge in [-0.2, -0.15) is 5.10 Å². The second-order valence-corrected chi connectivity index (χ2v) is 3.72. The van der Waals surface area contributed by atoms with Gasteiger partial charge in [0.2, 0.25) is 0 Å². The van der Waals surface area contributed by atoms with E-state index in [1.54, 1.807) is 0 Å². The first-order valence-electron chi connectivity index (χ1n) is 5.01. The third-order valence-corrected chi connectivity index (χ3v) is 1.98. The number of hydrogen-bond donors (Lipinski definition) is 1. The smallest absolute Gasteiger partial charge is 0.0637 e. The number of nitrogens with one attached hydrogen (secondary N) is 1. The number of aromatic nitrogens is 2. The highest BCUT2D eigenvalue weighted by atomic mass is 15.2. The van der Waals surface area contributed by atoms with Gasteiger partial charge in [0.25, 0.3) is 0 Å². The molecule has 1 N–H and O–H groups in total. The van der Waals surface area contributed by atoms with Crippen LogP contribution in [0, 0.1) is 0 Å². The van der Waals surface area contributed by atoms with Gasteiger partial charge >= 0.3 is 0 Å². The first kappa shape index (κ1) is 11.0. The Hall–Kier alpha value is -1.09. The molecule has 0 aliphatic rings. The maximum atomic E-state index is 4.30. The SMILES string of the molecule is CC(C)=CCNCCc1ccn(C)n1. The summed E-state index contributed by atoms with van der Waals surface area (Å²) in [7, 11) is 1.94. The second kappa shape index (κ2) is 5.60. The fraction of sp³-hybridized carbons (Fsp3) is 0.545. The lowest BCUT2D eigenvalue weighted by molar-refractivity contribution is 0.699. The molecule has 78 valence electrons. The standard InChI is InChI=1S/C11H19N3/c1-10(2)4-7-12-8-5-11-6-9-14(3)13-11/h4,6,9,12H,5,7-8H2,1-3H3. The lowest BCUT2D eigenvalue weighted by Crippen LogP contribution is -2.17. The zero-order valence-electron chi connectivity index (χ0n) is 9.25. The van der Waals surface area contributed by atoms with Crippen LogP contribution in [-0.4, -0.2) is 22.9 Å². The molecule has 0 fully saturated rings. The van der Waals surface area contributed by atoms with Gasteiger partial charge in [0.15, 0.2) is 0 Å². The van der Waals surface area contributed by atoms with E-state index in [-0.39, 0.29) is 0 Å². The number of allylic oxidation sites excluding steroid dienone is 1. The van der Waals surface area contributed by atoms with Crippen molar-refractivity contribution in [3.05, 3.63) is 29.6 Å². The van der Waals surface area contributed by atoms with Crippen molar-refractivity contribution in [2.75, 3.05) is 13.1 Å². The van der Waals surface area contributed by atoms with Crippen molar-refractivity contribution in [1.82, 2.24) is 15.1 Å². The van der Waals surface area contributed by atoms with Gasteiger partial charge in [-0.15, -0.1) is 0 Å². The molecule has 1 aromatic heterocycles. The van der Waals surface area contributed by atoms with E-state index in [0.29, 0.717) is 0 Å². The highest BCUT2D eigenvalue weighted by molar-refractivity contribution is 4.99. The van der Waals surface area contributed by atoms with Crippen molar-refractivity contribution in [2.24, 2.45) is 7.05 Å². The summed E-state index contributed by atoms with van der Waals surface area (Å²) in [6.07, 6.45) is 5.17. The van der Waals surface area contributed by atoms with Crippen molar-refractivity contribution in [1.29, 1.82) is 0 Å². The minimum atomic E-state index is 0.954. The van der Waals surface area contributed by atoms with Gasteiger partial charge in [-0.05, 0) is 19.9 Å². The van der Waals surface area contributed by atoms with E-state index in [4.69, 9.17) is 0 Å². The Morgan fingerprint density at radius 1 is 1.57 bits per heavy atom. The molecule has 3 nitrogen and oxygen atoms in total. The van der Waals surface area contributed by atoms with Crippen LogP contribution in [0.2, 0.25) is 0 Å². The van der Waals surface area contributed by atoms with Crippen LogP contribution in [0.4, 0.5) is 0 Å². The van der Waals surface area contributed by atoms with Crippen molar-refractivity contribution in [3.8, 4) is 0 Å². The minimum Gasteiger partial charge on any atom is -0.313 e. The lowest BCUT2D eigenvalue weighted by Gasteiger charge is -1.99. The summed E-state index contributed by atoms with van der Waals surface area (Å²) < 4.78 is 1.84. The number of rotatable bonds is 5. The van der Waals surface area contributed by atoms with Crippen LogP contribution in [0.1, 0.15) is 19.5 Å². The van der Waals surface area contributed by atoms with Crippen LogP contribution in [-0.2, 0) is 13.5 Å². The van der Waals surface area contributed by atoms with Gasteiger partial charge < -0.3 is 5.32 Å². The zero-order valence-corrected chi connectivity index (χ0v) is 9.25. The predicted octanol–water partition coefficient (Wildman–Crippen LogP) is 1.52. The van der Waals surface area contributed by atoms with Crippen LogP contribution in [0.3, 0.4) is 0 Å². The topological polar surface area (TPSA) is 29.9 Å². The Labute approximate surface area is 85.8 Å². The molecule has 0 aliphatic heterocycles. The quantitative estimate of drug-likeness (QED) is 0.567. The summed E-state index contributed by atoms with van der Waals surface area (Å²) in [6.45, 7) is 6.16. The van der Waals surface area contributed by atoms with E-state index in [9.17, 15) is 0 Å². The summed E-state index contributed by atoms with van der Waals surface area (Å²) in [5.41, 5.74) is 2.51. The van der Waals surface area contributed by atoms with Crippen LogP contribution < -0.4 is 5.32 Å². The molecule has 1 aromatic rings. The molecule has 0 unspecified atom stereocenters. The fourth-order valence-corrected chi connectivity index (χ4v) is 1.19. The van der Waals surface area contributed by atoms with Crippen LogP contribution >= 0.6 is 0 Å². The summed E-state index contributed by atoms with van der Waals surface area (Å²) >= 11 is 0. The van der Waals surface area contributed by atoms with E-state index >= 15 is 0 Å². The van der Waals surface area contributed by atoms with Crippen LogP contribution in [0.15, 0.2) is 23.9 Å². The number of nitrogens with zero attached hydrogens (tertiary/aromatic N) is 2.